The molecule has 1 fully saturated rings. The van der Waals surface area contributed by atoms with E-state index in [1.165, 1.54) is 6.42 Å². The Bertz CT molecular complexity index is 1170. The summed E-state index contributed by atoms with van der Waals surface area (Å²) in [5.74, 6) is -1.61. The van der Waals surface area contributed by atoms with Gasteiger partial charge in [-0.25, -0.2) is 0 Å². The highest BCUT2D eigenvalue weighted by atomic mass is 16.4. The number of aryl methyl sites for hydroxylation is 1. The first kappa shape index (κ1) is 27.2. The van der Waals surface area contributed by atoms with Crippen molar-refractivity contribution in [3.63, 3.8) is 0 Å². The first-order chi connectivity index (χ1) is 18.3. The molecular weight excluding hydrogens is 484 g/mol. The van der Waals surface area contributed by atoms with Gasteiger partial charge in [0.05, 0.1) is 12.6 Å². The van der Waals surface area contributed by atoms with Crippen molar-refractivity contribution in [3.8, 4) is 0 Å². The van der Waals surface area contributed by atoms with Crippen LogP contribution in [0, 0.1) is 12.8 Å². The second-order valence-electron chi connectivity index (χ2n) is 10.1. The number of carboxylic acid groups (broad SMARTS) is 1. The molecule has 1 aliphatic carbocycles. The Morgan fingerprint density at radius 2 is 1.71 bits per heavy atom. The first-order valence-electron chi connectivity index (χ1n) is 13.2. The normalized spacial score (nSPS) is 18.4. The average Bonchev–Trinajstić information content (AvgIpc) is 3.36. The van der Waals surface area contributed by atoms with E-state index in [1.54, 1.807) is 4.90 Å². The van der Waals surface area contributed by atoms with Crippen molar-refractivity contribution in [3.05, 3.63) is 71.3 Å². The molecule has 2 atom stereocenters. The van der Waals surface area contributed by atoms with E-state index >= 15 is 0 Å². The molecule has 2 unspecified atom stereocenters. The van der Waals surface area contributed by atoms with Gasteiger partial charge in [0.15, 0.2) is 0 Å². The van der Waals surface area contributed by atoms with Crippen molar-refractivity contribution < 1.29 is 24.6 Å². The number of hydrogen-bond donors (Lipinski definition) is 5. The standard InChI is InChI=1S/C29H36N4O5/c1-19-7-5-6-10-24(19)32-29(38)31-23-13-11-20(12-14-23)17-30-28(37)22-15-25(21-8-3-2-4-9-21)33(18-22)26(34)16-27(35)36/h5-7,10-15,21,25,29,31-32,38H,2-4,8-9,16-18H2,1H3,(H,30,37)(H,35,36). The second kappa shape index (κ2) is 12.6. The predicted octanol–water partition coefficient (Wildman–Crippen LogP) is 3.60. The number of aliphatic hydroxyl groups excluding tert-OH is 1. The first-order valence-corrected chi connectivity index (χ1v) is 13.2. The Morgan fingerprint density at radius 3 is 2.39 bits per heavy atom. The molecule has 202 valence electrons. The third-order valence-corrected chi connectivity index (χ3v) is 7.27. The number of para-hydroxylation sites is 1. The van der Waals surface area contributed by atoms with Crippen LogP contribution in [0.15, 0.2) is 60.2 Å². The van der Waals surface area contributed by atoms with E-state index in [4.69, 9.17) is 5.11 Å². The topological polar surface area (TPSA) is 131 Å². The van der Waals surface area contributed by atoms with Gasteiger partial charge in [0.2, 0.25) is 18.2 Å². The van der Waals surface area contributed by atoms with Gasteiger partial charge in [0, 0.05) is 23.5 Å². The fourth-order valence-corrected chi connectivity index (χ4v) is 5.23. The summed E-state index contributed by atoms with van der Waals surface area (Å²) < 4.78 is 0. The molecule has 9 heteroatoms. The zero-order valence-electron chi connectivity index (χ0n) is 21.7. The van der Waals surface area contributed by atoms with Crippen LogP contribution in [0.3, 0.4) is 0 Å². The summed E-state index contributed by atoms with van der Waals surface area (Å²) in [4.78, 5) is 38.3. The number of amides is 2. The molecule has 38 heavy (non-hydrogen) atoms. The minimum Gasteiger partial charge on any atom is -0.481 e. The lowest BCUT2D eigenvalue weighted by Crippen LogP contribution is -2.42. The third-order valence-electron chi connectivity index (χ3n) is 7.27. The fraction of sp³-hybridized carbons (Fsp3) is 0.414. The van der Waals surface area contributed by atoms with Crippen LogP contribution in [0.4, 0.5) is 11.4 Å². The van der Waals surface area contributed by atoms with Crippen molar-refractivity contribution in [1.82, 2.24) is 10.2 Å². The maximum atomic E-state index is 13.0. The van der Waals surface area contributed by atoms with Gasteiger partial charge >= 0.3 is 5.97 Å². The summed E-state index contributed by atoms with van der Waals surface area (Å²) in [6, 6.07) is 14.8. The number of carbonyl (C=O) groups is 3. The van der Waals surface area contributed by atoms with E-state index in [0.29, 0.717) is 12.1 Å². The van der Waals surface area contributed by atoms with Crippen molar-refractivity contribution in [1.29, 1.82) is 0 Å². The average molecular weight is 521 g/mol. The van der Waals surface area contributed by atoms with Crippen LogP contribution in [0.5, 0.6) is 0 Å². The van der Waals surface area contributed by atoms with Gasteiger partial charge in [0.1, 0.15) is 6.42 Å². The molecule has 1 saturated carbocycles. The number of hydrogen-bond acceptors (Lipinski definition) is 6. The maximum Gasteiger partial charge on any atom is 0.312 e. The lowest BCUT2D eigenvalue weighted by atomic mass is 9.83. The van der Waals surface area contributed by atoms with Gasteiger partial charge in [-0.2, -0.15) is 0 Å². The Hall–Kier alpha value is -3.85. The maximum absolute atomic E-state index is 13.0. The molecule has 2 aromatic carbocycles. The van der Waals surface area contributed by atoms with Crippen molar-refractivity contribution in [2.75, 3.05) is 17.2 Å². The van der Waals surface area contributed by atoms with Gasteiger partial charge in [-0.3, -0.25) is 14.4 Å². The summed E-state index contributed by atoms with van der Waals surface area (Å²) in [7, 11) is 0. The number of nitrogens with one attached hydrogen (secondary N) is 3. The highest BCUT2D eigenvalue weighted by Crippen LogP contribution is 2.33. The van der Waals surface area contributed by atoms with Crippen molar-refractivity contribution in [2.24, 2.45) is 5.92 Å². The highest BCUT2D eigenvalue weighted by molar-refractivity contribution is 5.98. The molecule has 2 aliphatic rings. The van der Waals surface area contributed by atoms with E-state index < -0.39 is 24.6 Å². The van der Waals surface area contributed by atoms with Gasteiger partial charge in [-0.15, -0.1) is 0 Å². The molecule has 4 rings (SSSR count). The van der Waals surface area contributed by atoms with E-state index in [2.05, 4.69) is 16.0 Å². The Kier molecular flexibility index (Phi) is 9.02. The molecule has 1 heterocycles. The smallest absolute Gasteiger partial charge is 0.312 e. The molecule has 0 spiro atoms. The molecule has 0 aromatic heterocycles. The Balaban J connectivity index is 1.32. The van der Waals surface area contributed by atoms with E-state index in [1.807, 2.05) is 61.5 Å². The SMILES string of the molecule is Cc1ccccc1NC(O)Nc1ccc(CNC(=O)C2=CC(C3CCCCC3)N(C(=O)CC(=O)O)C2)cc1. The lowest BCUT2D eigenvalue weighted by molar-refractivity contribution is -0.144. The quantitative estimate of drug-likeness (QED) is 0.239. The van der Waals surface area contributed by atoms with Crippen molar-refractivity contribution >= 4 is 29.2 Å². The summed E-state index contributed by atoms with van der Waals surface area (Å²) in [5, 5.41) is 28.4. The molecule has 2 aromatic rings. The zero-order chi connectivity index (χ0) is 27.1. The largest absolute Gasteiger partial charge is 0.481 e. The number of rotatable bonds is 10. The molecule has 0 radical (unpaired) electrons. The number of carbonyl (C=O) groups excluding carboxylic acids is 2. The van der Waals surface area contributed by atoms with Gasteiger partial charge in [0.25, 0.3) is 0 Å². The number of anilines is 2. The molecule has 9 nitrogen and oxygen atoms in total. The minimum atomic E-state index is -1.16. The zero-order valence-corrected chi connectivity index (χ0v) is 21.7. The molecule has 0 saturated heterocycles. The number of aliphatic carboxylic acids is 1. The van der Waals surface area contributed by atoms with Crippen LogP contribution in [-0.4, -0.2) is 51.8 Å². The number of aliphatic hydroxyl groups is 1. The highest BCUT2D eigenvalue weighted by Gasteiger charge is 2.37. The van der Waals surface area contributed by atoms with Gasteiger partial charge in [-0.05, 0) is 55.0 Å². The molecular formula is C29H36N4O5. The molecule has 5 N–H and O–H groups in total. The summed E-state index contributed by atoms with van der Waals surface area (Å²) in [6.45, 7) is 2.40. The third kappa shape index (κ3) is 7.13. The van der Waals surface area contributed by atoms with Gasteiger partial charge in [-0.1, -0.05) is 55.7 Å². The fourth-order valence-electron chi connectivity index (χ4n) is 5.23. The molecule has 0 bridgehead atoms. The van der Waals surface area contributed by atoms with E-state index in [0.717, 1.165) is 48.2 Å². The van der Waals surface area contributed by atoms with Crippen LogP contribution in [-0.2, 0) is 20.9 Å². The molecule has 2 amide bonds. The van der Waals surface area contributed by atoms with E-state index in [9.17, 15) is 19.5 Å². The summed E-state index contributed by atoms with van der Waals surface area (Å²) in [6.07, 6.45) is 5.61. The second-order valence-corrected chi connectivity index (χ2v) is 10.1. The van der Waals surface area contributed by atoms with E-state index in [-0.39, 0.29) is 24.4 Å². The lowest BCUT2D eigenvalue weighted by Gasteiger charge is -2.33. The van der Waals surface area contributed by atoms with Crippen LogP contribution in [0.1, 0.15) is 49.7 Å². The van der Waals surface area contributed by atoms with Crippen LogP contribution in [0.25, 0.3) is 0 Å². The number of carboxylic acids is 1. The predicted molar refractivity (Wildman–Crippen MR) is 145 cm³/mol. The number of nitrogens with zero attached hydrogens (tertiary/aromatic N) is 1. The van der Waals surface area contributed by atoms with Gasteiger partial charge < -0.3 is 31.1 Å². The van der Waals surface area contributed by atoms with Crippen LogP contribution in [0.2, 0.25) is 0 Å². The Labute approximate surface area is 222 Å². The minimum absolute atomic E-state index is 0.133. The monoisotopic (exact) mass is 520 g/mol. The summed E-state index contributed by atoms with van der Waals surface area (Å²) in [5.41, 5.74) is 3.96. The van der Waals surface area contributed by atoms with Crippen LogP contribution >= 0.6 is 0 Å². The van der Waals surface area contributed by atoms with Crippen LogP contribution < -0.4 is 16.0 Å². The van der Waals surface area contributed by atoms with Crippen molar-refractivity contribution in [2.45, 2.75) is 64.4 Å². The summed E-state index contributed by atoms with van der Waals surface area (Å²) >= 11 is 0. The number of benzene rings is 2. The molecule has 1 aliphatic heterocycles. The Morgan fingerprint density at radius 1 is 1.00 bits per heavy atom.